The van der Waals surface area contributed by atoms with Crippen LogP contribution in [0.1, 0.15) is 27.3 Å². The van der Waals surface area contributed by atoms with Gasteiger partial charge in [0.2, 0.25) is 5.82 Å². The van der Waals surface area contributed by atoms with Crippen LogP contribution in [0.3, 0.4) is 0 Å². The summed E-state index contributed by atoms with van der Waals surface area (Å²) in [5.41, 5.74) is 5.85. The van der Waals surface area contributed by atoms with Crippen LogP contribution in [-0.4, -0.2) is 20.7 Å². The predicted octanol–water partition coefficient (Wildman–Crippen LogP) is 5.11. The number of carbonyl (C=O) groups is 1. The Balaban J connectivity index is 1.76. The predicted molar refractivity (Wildman–Crippen MR) is 115 cm³/mol. The van der Waals surface area contributed by atoms with Crippen molar-refractivity contribution in [2.45, 2.75) is 20.8 Å². The van der Waals surface area contributed by atoms with Crippen molar-refractivity contribution in [3.8, 4) is 17.1 Å². The molecule has 0 aliphatic carbocycles. The van der Waals surface area contributed by atoms with Gasteiger partial charge in [-0.1, -0.05) is 65.7 Å². The summed E-state index contributed by atoms with van der Waals surface area (Å²) in [4.78, 5) is 17.4. The SMILES string of the molecule is Cc1ccc(NC(=O)c2nc(-c3ccc(C)cc3)n(-c3ccccc3C)n2)cc1. The molecule has 0 saturated carbocycles. The molecule has 0 fully saturated rings. The lowest BCUT2D eigenvalue weighted by atomic mass is 10.1. The third-order valence-corrected chi connectivity index (χ3v) is 4.77. The van der Waals surface area contributed by atoms with Crippen LogP contribution in [0.4, 0.5) is 5.69 Å². The summed E-state index contributed by atoms with van der Waals surface area (Å²) in [6, 6.07) is 23.6. The van der Waals surface area contributed by atoms with Gasteiger partial charge in [0.25, 0.3) is 5.91 Å². The van der Waals surface area contributed by atoms with Gasteiger partial charge in [-0.3, -0.25) is 4.79 Å². The molecule has 0 aliphatic heterocycles. The molecule has 3 aromatic carbocycles. The standard InChI is InChI=1S/C24H22N4O/c1-16-8-12-19(13-9-16)23-26-22(24(29)25-20-14-10-17(2)11-15-20)27-28(23)21-7-5-4-6-18(21)3/h4-15H,1-3H3,(H,25,29). The van der Waals surface area contributed by atoms with Crippen LogP contribution in [0.25, 0.3) is 17.1 Å². The lowest BCUT2D eigenvalue weighted by molar-refractivity contribution is 0.101. The Labute approximate surface area is 170 Å². The molecule has 1 amide bonds. The Morgan fingerprint density at radius 1 is 0.828 bits per heavy atom. The smallest absolute Gasteiger partial charge is 0.295 e. The van der Waals surface area contributed by atoms with Crippen LogP contribution in [0.15, 0.2) is 72.8 Å². The number of amides is 1. The van der Waals surface area contributed by atoms with E-state index in [4.69, 9.17) is 0 Å². The molecule has 1 aromatic heterocycles. The van der Waals surface area contributed by atoms with Crippen LogP contribution in [0, 0.1) is 20.8 Å². The molecule has 0 spiro atoms. The first-order valence-corrected chi connectivity index (χ1v) is 9.49. The molecule has 0 aliphatic rings. The summed E-state index contributed by atoms with van der Waals surface area (Å²) in [6.07, 6.45) is 0. The van der Waals surface area contributed by atoms with E-state index in [0.717, 1.165) is 27.9 Å². The molecule has 4 aromatic rings. The molecule has 4 rings (SSSR count). The van der Waals surface area contributed by atoms with Crippen LogP contribution < -0.4 is 5.32 Å². The normalized spacial score (nSPS) is 10.7. The van der Waals surface area contributed by atoms with Gasteiger partial charge in [0, 0.05) is 11.3 Å². The first-order valence-electron chi connectivity index (χ1n) is 9.49. The minimum absolute atomic E-state index is 0.129. The fourth-order valence-corrected chi connectivity index (χ4v) is 3.09. The second-order valence-corrected chi connectivity index (χ2v) is 7.14. The van der Waals surface area contributed by atoms with Gasteiger partial charge in [-0.2, -0.15) is 0 Å². The Morgan fingerprint density at radius 3 is 2.10 bits per heavy atom. The van der Waals surface area contributed by atoms with Crippen LogP contribution in [-0.2, 0) is 0 Å². The maximum atomic E-state index is 12.8. The number of hydrogen-bond donors (Lipinski definition) is 1. The second-order valence-electron chi connectivity index (χ2n) is 7.14. The van der Waals surface area contributed by atoms with E-state index < -0.39 is 0 Å². The van der Waals surface area contributed by atoms with E-state index in [9.17, 15) is 4.79 Å². The van der Waals surface area contributed by atoms with Gasteiger partial charge >= 0.3 is 0 Å². The average molecular weight is 382 g/mol. The number of anilines is 1. The van der Waals surface area contributed by atoms with Gasteiger partial charge in [-0.25, -0.2) is 9.67 Å². The Kier molecular flexibility index (Phi) is 4.96. The third kappa shape index (κ3) is 3.94. The zero-order chi connectivity index (χ0) is 20.4. The molecule has 0 bridgehead atoms. The third-order valence-electron chi connectivity index (χ3n) is 4.77. The summed E-state index contributed by atoms with van der Waals surface area (Å²) in [7, 11) is 0. The molecule has 5 heteroatoms. The molecule has 0 radical (unpaired) electrons. The van der Waals surface area contributed by atoms with E-state index in [1.807, 2.05) is 93.6 Å². The molecule has 1 heterocycles. The Hall–Kier alpha value is -3.73. The van der Waals surface area contributed by atoms with Gasteiger partial charge in [-0.15, -0.1) is 5.10 Å². The number of benzene rings is 3. The quantitative estimate of drug-likeness (QED) is 0.533. The average Bonchev–Trinajstić information content (AvgIpc) is 3.16. The van der Waals surface area contributed by atoms with Gasteiger partial charge in [0.05, 0.1) is 5.69 Å². The van der Waals surface area contributed by atoms with Crippen molar-refractivity contribution in [2.75, 3.05) is 5.32 Å². The summed E-state index contributed by atoms with van der Waals surface area (Å²) >= 11 is 0. The molecule has 5 nitrogen and oxygen atoms in total. The highest BCUT2D eigenvalue weighted by molar-refractivity contribution is 6.01. The van der Waals surface area contributed by atoms with Crippen LogP contribution >= 0.6 is 0 Å². The molecule has 29 heavy (non-hydrogen) atoms. The molecule has 0 unspecified atom stereocenters. The molecule has 1 N–H and O–H groups in total. The molecular formula is C24H22N4O. The molecule has 0 atom stereocenters. The molecular weight excluding hydrogens is 360 g/mol. The molecule has 144 valence electrons. The van der Waals surface area contributed by atoms with Gasteiger partial charge in [-0.05, 0) is 44.5 Å². The first-order chi connectivity index (χ1) is 14.0. The van der Waals surface area contributed by atoms with E-state index in [1.165, 1.54) is 0 Å². The highest BCUT2D eigenvalue weighted by atomic mass is 16.2. The van der Waals surface area contributed by atoms with E-state index >= 15 is 0 Å². The first kappa shape index (κ1) is 18.6. The highest BCUT2D eigenvalue weighted by Gasteiger charge is 2.19. The lowest BCUT2D eigenvalue weighted by Crippen LogP contribution is -2.14. The number of nitrogens with zero attached hydrogens (tertiary/aromatic N) is 3. The maximum absolute atomic E-state index is 12.8. The summed E-state index contributed by atoms with van der Waals surface area (Å²) in [5.74, 6) is 0.423. The van der Waals surface area contributed by atoms with E-state index in [1.54, 1.807) is 4.68 Å². The van der Waals surface area contributed by atoms with Crippen molar-refractivity contribution in [2.24, 2.45) is 0 Å². The van der Waals surface area contributed by atoms with E-state index in [-0.39, 0.29) is 11.7 Å². The number of aromatic nitrogens is 3. The number of aryl methyl sites for hydroxylation is 3. The lowest BCUT2D eigenvalue weighted by Gasteiger charge is -2.08. The monoisotopic (exact) mass is 382 g/mol. The van der Waals surface area contributed by atoms with E-state index in [2.05, 4.69) is 15.4 Å². The number of rotatable bonds is 4. The minimum atomic E-state index is -0.338. The number of para-hydroxylation sites is 1. The van der Waals surface area contributed by atoms with Crippen molar-refractivity contribution < 1.29 is 4.79 Å². The van der Waals surface area contributed by atoms with Gasteiger partial charge in [0.15, 0.2) is 5.82 Å². The maximum Gasteiger partial charge on any atom is 0.295 e. The van der Waals surface area contributed by atoms with Crippen LogP contribution in [0.5, 0.6) is 0 Å². The minimum Gasteiger partial charge on any atom is -0.319 e. The fourth-order valence-electron chi connectivity index (χ4n) is 3.09. The topological polar surface area (TPSA) is 59.8 Å². The Bertz CT molecular complexity index is 1160. The number of carbonyl (C=O) groups excluding carboxylic acids is 1. The zero-order valence-corrected chi connectivity index (χ0v) is 16.7. The summed E-state index contributed by atoms with van der Waals surface area (Å²) in [5, 5.41) is 7.42. The van der Waals surface area contributed by atoms with E-state index in [0.29, 0.717) is 11.5 Å². The van der Waals surface area contributed by atoms with Crippen molar-refractivity contribution >= 4 is 11.6 Å². The van der Waals surface area contributed by atoms with Crippen LogP contribution in [0.2, 0.25) is 0 Å². The van der Waals surface area contributed by atoms with Gasteiger partial charge < -0.3 is 5.32 Å². The number of hydrogen-bond acceptors (Lipinski definition) is 3. The molecule has 0 saturated heterocycles. The highest BCUT2D eigenvalue weighted by Crippen LogP contribution is 2.24. The van der Waals surface area contributed by atoms with Crippen molar-refractivity contribution in [3.05, 3.63) is 95.3 Å². The Morgan fingerprint density at radius 2 is 1.45 bits per heavy atom. The second kappa shape index (κ2) is 7.72. The fraction of sp³-hybridized carbons (Fsp3) is 0.125. The summed E-state index contributed by atoms with van der Waals surface area (Å²) < 4.78 is 1.74. The van der Waals surface area contributed by atoms with Crippen molar-refractivity contribution in [1.82, 2.24) is 14.8 Å². The van der Waals surface area contributed by atoms with Crippen molar-refractivity contribution in [1.29, 1.82) is 0 Å². The zero-order valence-electron chi connectivity index (χ0n) is 16.7. The van der Waals surface area contributed by atoms with Gasteiger partial charge in [0.1, 0.15) is 0 Å². The van der Waals surface area contributed by atoms with Crippen molar-refractivity contribution in [3.63, 3.8) is 0 Å². The number of nitrogens with one attached hydrogen (secondary N) is 1. The largest absolute Gasteiger partial charge is 0.319 e. The summed E-state index contributed by atoms with van der Waals surface area (Å²) in [6.45, 7) is 6.06.